The fraction of sp³-hybridized carbons (Fsp3) is 0.0725. The van der Waals surface area contributed by atoms with Crippen LogP contribution < -0.4 is 4.90 Å². The van der Waals surface area contributed by atoms with Gasteiger partial charge in [-0.3, -0.25) is 0 Å². The lowest BCUT2D eigenvalue weighted by Gasteiger charge is -2.36. The molecule has 1 nitrogen and oxygen atoms in total. The molecule has 0 saturated heterocycles. The number of halogens is 8. The van der Waals surface area contributed by atoms with E-state index in [1.807, 2.05) is 65.6 Å². The van der Waals surface area contributed by atoms with Gasteiger partial charge in [0.2, 0.25) is 0 Å². The molecular formula is C69H43F8N. The van der Waals surface area contributed by atoms with Gasteiger partial charge in [-0.1, -0.05) is 179 Å². The zero-order valence-corrected chi connectivity index (χ0v) is 41.9. The molecule has 78 heavy (non-hydrogen) atoms. The van der Waals surface area contributed by atoms with Gasteiger partial charge in [0, 0.05) is 45.7 Å². The van der Waals surface area contributed by atoms with Crippen molar-refractivity contribution in [2.75, 3.05) is 4.90 Å². The summed E-state index contributed by atoms with van der Waals surface area (Å²) in [6.07, 6.45) is 3.24. The number of fused-ring (bicyclic) bond motifs is 9. The molecule has 0 fully saturated rings. The van der Waals surface area contributed by atoms with Crippen LogP contribution in [0, 0.1) is 46.5 Å². The maximum absolute atomic E-state index is 17.1. The molecule has 2 atom stereocenters. The number of hydrogen-bond acceptors (Lipinski definition) is 1. The molecule has 380 valence electrons. The standard InChI is InChI=1S/C69H43F8N/c1-5-38-19-23-40(24-20-38)68(61-57(70)36-59(72)63(74)65(61)76)52-17-11-8-14-46(52)49-31-28-43(34-55(49)68)78(42-27-30-48-45-13-7-10-16-51(45)67(3,4)54(48)33-42)44-29-32-50-47-15-9-12-18-53(47)69(56(50)35-44,41-25-21-39(6-2)22-26-41)62-58(71)37-60(73)64(75)66(62)77/h5-37H,1-2H2,3-4H3. The van der Waals surface area contributed by atoms with Crippen LogP contribution >= 0.6 is 0 Å². The Kier molecular flexibility index (Phi) is 10.9. The van der Waals surface area contributed by atoms with E-state index < -0.39 is 73.9 Å². The van der Waals surface area contributed by atoms with Crippen LogP contribution in [0.15, 0.2) is 201 Å². The lowest BCUT2D eigenvalue weighted by Crippen LogP contribution is -2.32. The first-order chi connectivity index (χ1) is 37.7. The molecule has 0 N–H and O–H groups in total. The topological polar surface area (TPSA) is 3.24 Å². The van der Waals surface area contributed by atoms with Gasteiger partial charge in [0.05, 0.1) is 10.8 Å². The van der Waals surface area contributed by atoms with Gasteiger partial charge >= 0.3 is 0 Å². The highest BCUT2D eigenvalue weighted by Gasteiger charge is 2.52. The highest BCUT2D eigenvalue weighted by atomic mass is 19.2. The van der Waals surface area contributed by atoms with Gasteiger partial charge in [-0.05, 0) is 125 Å². The molecule has 10 aromatic rings. The molecule has 0 saturated carbocycles. The van der Waals surface area contributed by atoms with E-state index in [0.29, 0.717) is 96.0 Å². The molecule has 3 aliphatic carbocycles. The van der Waals surface area contributed by atoms with Crippen molar-refractivity contribution >= 4 is 29.2 Å². The van der Waals surface area contributed by atoms with E-state index in [1.165, 1.54) is 0 Å². The summed E-state index contributed by atoms with van der Waals surface area (Å²) in [7, 11) is 0. The van der Waals surface area contributed by atoms with Gasteiger partial charge in [0.15, 0.2) is 34.9 Å². The minimum atomic E-state index is -1.94. The second-order valence-electron chi connectivity index (χ2n) is 20.6. The number of nitrogens with zero attached hydrogens (tertiary/aromatic N) is 1. The fourth-order valence-electron chi connectivity index (χ4n) is 13.1. The van der Waals surface area contributed by atoms with E-state index in [9.17, 15) is 0 Å². The molecule has 9 heteroatoms. The van der Waals surface area contributed by atoms with Gasteiger partial charge < -0.3 is 4.90 Å². The zero-order chi connectivity index (χ0) is 54.2. The first kappa shape index (κ1) is 48.6. The Morgan fingerprint density at radius 2 is 0.667 bits per heavy atom. The summed E-state index contributed by atoms with van der Waals surface area (Å²) in [4.78, 5) is 1.93. The predicted octanol–water partition coefficient (Wildman–Crippen LogP) is 18.6. The van der Waals surface area contributed by atoms with E-state index in [-0.39, 0.29) is 0 Å². The summed E-state index contributed by atoms with van der Waals surface area (Å²) in [5.74, 6) is -13.1. The van der Waals surface area contributed by atoms with Crippen LogP contribution in [0.5, 0.6) is 0 Å². The number of hydrogen-bond donors (Lipinski definition) is 0. The maximum Gasteiger partial charge on any atom is 0.194 e. The van der Waals surface area contributed by atoms with Gasteiger partial charge in [0.25, 0.3) is 0 Å². The van der Waals surface area contributed by atoms with Crippen LogP contribution in [-0.4, -0.2) is 0 Å². The molecule has 2 unspecified atom stereocenters. The normalized spacial score (nSPS) is 16.9. The zero-order valence-electron chi connectivity index (χ0n) is 41.9. The van der Waals surface area contributed by atoms with E-state index in [1.54, 1.807) is 109 Å². The Bertz CT molecular complexity index is 4000. The van der Waals surface area contributed by atoms with Crippen molar-refractivity contribution in [1.29, 1.82) is 0 Å². The summed E-state index contributed by atoms with van der Waals surface area (Å²) in [6.45, 7) is 12.1. The molecule has 0 bridgehead atoms. The van der Waals surface area contributed by atoms with Crippen LogP contribution in [0.1, 0.15) is 80.6 Å². The molecule has 0 heterocycles. The predicted molar refractivity (Wildman–Crippen MR) is 293 cm³/mol. The molecule has 0 amide bonds. The van der Waals surface area contributed by atoms with Crippen molar-refractivity contribution in [2.24, 2.45) is 0 Å². The molecular weight excluding hydrogens is 995 g/mol. The third-order valence-electron chi connectivity index (χ3n) is 16.5. The first-order valence-electron chi connectivity index (χ1n) is 25.3. The van der Waals surface area contributed by atoms with Crippen molar-refractivity contribution in [2.45, 2.75) is 30.1 Å². The smallest absolute Gasteiger partial charge is 0.194 e. The average molecular weight is 1040 g/mol. The Morgan fingerprint density at radius 1 is 0.333 bits per heavy atom. The van der Waals surface area contributed by atoms with Crippen molar-refractivity contribution < 1.29 is 35.1 Å². The van der Waals surface area contributed by atoms with Gasteiger partial charge in [-0.2, -0.15) is 0 Å². The van der Waals surface area contributed by atoms with Gasteiger partial charge in [0.1, 0.15) is 11.6 Å². The highest BCUT2D eigenvalue weighted by molar-refractivity contribution is 5.93. The summed E-state index contributed by atoms with van der Waals surface area (Å²) < 4.78 is 130. The van der Waals surface area contributed by atoms with E-state index in [0.717, 1.165) is 22.3 Å². The highest BCUT2D eigenvalue weighted by Crippen LogP contribution is 2.61. The lowest BCUT2D eigenvalue weighted by atomic mass is 9.67. The number of anilines is 3. The van der Waals surface area contributed by atoms with Crippen molar-refractivity contribution in [3.8, 4) is 33.4 Å². The average Bonchev–Trinajstić information content (AvgIpc) is 4.14. The Labute approximate surface area is 445 Å². The monoisotopic (exact) mass is 1040 g/mol. The van der Waals surface area contributed by atoms with E-state index in [2.05, 4.69) is 45.2 Å². The summed E-state index contributed by atoms with van der Waals surface area (Å²) in [6, 6.07) is 53.8. The summed E-state index contributed by atoms with van der Waals surface area (Å²) in [5.41, 5.74) is 5.72. The molecule has 0 radical (unpaired) electrons. The van der Waals surface area contributed by atoms with Gasteiger partial charge in [-0.15, -0.1) is 0 Å². The van der Waals surface area contributed by atoms with Gasteiger partial charge in [-0.25, -0.2) is 35.1 Å². The molecule has 0 spiro atoms. The fourth-order valence-corrected chi connectivity index (χ4v) is 13.1. The SMILES string of the molecule is C=Cc1ccc(C2(c3c(F)cc(F)c(F)c3F)c3ccccc3-c3ccc(N(c4ccc5c(c4)C(C)(C)c4ccccc4-5)c4ccc5c(c4)C(c4ccc(C=C)cc4)(c4c(F)cc(F)c(F)c4F)c4ccccc4-5)cc32)cc1. The third kappa shape index (κ3) is 6.54. The lowest BCUT2D eigenvalue weighted by molar-refractivity contribution is 0.416. The number of rotatable bonds is 9. The molecule has 0 aliphatic heterocycles. The molecule has 10 aromatic carbocycles. The first-order valence-corrected chi connectivity index (χ1v) is 25.3. The van der Waals surface area contributed by atoms with Crippen LogP contribution in [0.3, 0.4) is 0 Å². The van der Waals surface area contributed by atoms with Crippen molar-refractivity contribution in [3.05, 3.63) is 315 Å². The van der Waals surface area contributed by atoms with Crippen molar-refractivity contribution in [1.82, 2.24) is 0 Å². The Hall–Kier alpha value is -9.08. The van der Waals surface area contributed by atoms with E-state index >= 15 is 35.1 Å². The second kappa shape index (κ2) is 17.5. The second-order valence-corrected chi connectivity index (χ2v) is 20.6. The van der Waals surface area contributed by atoms with Crippen LogP contribution in [0.2, 0.25) is 0 Å². The van der Waals surface area contributed by atoms with Crippen molar-refractivity contribution in [3.63, 3.8) is 0 Å². The van der Waals surface area contributed by atoms with Crippen LogP contribution in [0.4, 0.5) is 52.2 Å². The summed E-state index contributed by atoms with van der Waals surface area (Å²) in [5, 5.41) is 0. The minimum Gasteiger partial charge on any atom is -0.310 e. The number of benzene rings is 10. The quantitative estimate of drug-likeness (QED) is 0.0791. The molecule has 3 aliphatic rings. The molecule has 0 aromatic heterocycles. The molecule has 13 rings (SSSR count). The summed E-state index contributed by atoms with van der Waals surface area (Å²) >= 11 is 0. The Morgan fingerprint density at radius 3 is 1.06 bits per heavy atom. The minimum absolute atomic E-state index is 0.339. The Balaban J connectivity index is 1.14. The van der Waals surface area contributed by atoms with Crippen LogP contribution in [-0.2, 0) is 16.2 Å². The maximum atomic E-state index is 17.1. The van der Waals surface area contributed by atoms with E-state index in [4.69, 9.17) is 0 Å². The largest absolute Gasteiger partial charge is 0.310 e. The van der Waals surface area contributed by atoms with Crippen LogP contribution in [0.25, 0.3) is 45.5 Å². The third-order valence-corrected chi connectivity index (χ3v) is 16.5.